The Morgan fingerprint density at radius 3 is 2.86 bits per heavy atom. The number of likely N-dealkylation sites (tertiary alicyclic amines) is 1. The third-order valence-electron chi connectivity index (χ3n) is 5.01. The van der Waals surface area contributed by atoms with Crippen molar-refractivity contribution in [2.24, 2.45) is 5.92 Å². The molecule has 0 radical (unpaired) electrons. The predicted molar refractivity (Wildman–Crippen MR) is 89.2 cm³/mol. The summed E-state index contributed by atoms with van der Waals surface area (Å²) in [7, 11) is 0. The minimum atomic E-state index is 0.320. The molecule has 1 aromatic heterocycles. The largest absolute Gasteiger partial charge is 0.379 e. The van der Waals surface area contributed by atoms with Crippen LogP contribution in [0.25, 0.3) is 0 Å². The second kappa shape index (κ2) is 7.57. The van der Waals surface area contributed by atoms with Crippen LogP contribution < -0.4 is 0 Å². The highest BCUT2D eigenvalue weighted by Crippen LogP contribution is 2.26. The fourth-order valence-electron chi connectivity index (χ4n) is 3.63. The molecule has 2 aliphatic rings. The molecule has 2 fully saturated rings. The number of nitrogens with zero attached hydrogens (tertiary/aromatic N) is 2. The maximum Gasteiger partial charge on any atom is 0.222 e. The van der Waals surface area contributed by atoms with Crippen LogP contribution in [0.1, 0.15) is 25.3 Å². The molecule has 0 bridgehead atoms. The van der Waals surface area contributed by atoms with Gasteiger partial charge in [-0.1, -0.05) is 13.3 Å². The molecule has 0 unspecified atom stereocenters. The SMILES string of the molecule is CC[C@H]1CN(C(=O)CCc2ccsc2)C[C@H]1N1CCOCC1. The molecule has 0 spiro atoms. The smallest absolute Gasteiger partial charge is 0.222 e. The number of hydrogen-bond donors (Lipinski definition) is 0. The van der Waals surface area contributed by atoms with Crippen molar-refractivity contribution in [2.45, 2.75) is 32.2 Å². The molecule has 2 saturated heterocycles. The van der Waals surface area contributed by atoms with Crippen LogP contribution in [0.3, 0.4) is 0 Å². The molecule has 5 heteroatoms. The lowest BCUT2D eigenvalue weighted by Crippen LogP contribution is -2.47. The Bertz CT molecular complexity index is 471. The number of amides is 1. The van der Waals surface area contributed by atoms with Gasteiger partial charge in [-0.2, -0.15) is 11.3 Å². The number of ether oxygens (including phenoxy) is 1. The van der Waals surface area contributed by atoms with Crippen molar-refractivity contribution in [2.75, 3.05) is 39.4 Å². The Hall–Kier alpha value is -0.910. The topological polar surface area (TPSA) is 32.8 Å². The van der Waals surface area contributed by atoms with Crippen LogP contribution >= 0.6 is 11.3 Å². The van der Waals surface area contributed by atoms with E-state index in [4.69, 9.17) is 4.74 Å². The molecule has 1 aromatic rings. The van der Waals surface area contributed by atoms with Crippen LogP contribution in [0.5, 0.6) is 0 Å². The van der Waals surface area contributed by atoms with Crippen LogP contribution in [0.4, 0.5) is 0 Å². The summed E-state index contributed by atoms with van der Waals surface area (Å²) in [5.41, 5.74) is 1.29. The standard InChI is InChI=1S/C17H26N2O2S/c1-2-15-11-19(12-16(15)18-6-8-21-9-7-18)17(20)4-3-14-5-10-22-13-14/h5,10,13,15-16H,2-4,6-9,11-12H2,1H3/t15-,16+/m0/s1. The normalized spacial score (nSPS) is 26.5. The minimum absolute atomic E-state index is 0.320. The molecule has 0 N–H and O–H groups in total. The van der Waals surface area contributed by atoms with Gasteiger partial charge in [-0.3, -0.25) is 9.69 Å². The first-order valence-electron chi connectivity index (χ1n) is 8.38. The van der Waals surface area contributed by atoms with E-state index in [9.17, 15) is 4.79 Å². The first-order chi connectivity index (χ1) is 10.8. The van der Waals surface area contributed by atoms with Crippen LogP contribution in [0.15, 0.2) is 16.8 Å². The van der Waals surface area contributed by atoms with Crippen molar-refractivity contribution in [1.29, 1.82) is 0 Å². The van der Waals surface area contributed by atoms with Gasteiger partial charge in [0.15, 0.2) is 0 Å². The quantitative estimate of drug-likeness (QED) is 0.833. The molecule has 2 atom stereocenters. The van der Waals surface area contributed by atoms with Gasteiger partial charge in [0.1, 0.15) is 0 Å². The molecule has 122 valence electrons. The zero-order chi connectivity index (χ0) is 15.4. The summed E-state index contributed by atoms with van der Waals surface area (Å²) in [6.45, 7) is 7.77. The second-order valence-corrected chi connectivity index (χ2v) is 7.09. The lowest BCUT2D eigenvalue weighted by molar-refractivity contribution is -0.130. The van der Waals surface area contributed by atoms with Gasteiger partial charge in [-0.25, -0.2) is 0 Å². The van der Waals surface area contributed by atoms with Gasteiger partial charge in [0.25, 0.3) is 0 Å². The Morgan fingerprint density at radius 1 is 1.36 bits per heavy atom. The van der Waals surface area contributed by atoms with Gasteiger partial charge in [0.2, 0.25) is 5.91 Å². The van der Waals surface area contributed by atoms with Crippen molar-refractivity contribution in [3.05, 3.63) is 22.4 Å². The number of carbonyl (C=O) groups is 1. The number of morpholine rings is 1. The average molecular weight is 322 g/mol. The summed E-state index contributed by atoms with van der Waals surface area (Å²) < 4.78 is 5.46. The third kappa shape index (κ3) is 3.70. The number of thiophene rings is 1. The lowest BCUT2D eigenvalue weighted by Gasteiger charge is -2.34. The Labute approximate surface area is 137 Å². The number of aryl methyl sites for hydroxylation is 1. The maximum absolute atomic E-state index is 12.5. The molecule has 3 heterocycles. The maximum atomic E-state index is 12.5. The van der Waals surface area contributed by atoms with Crippen LogP contribution in [-0.2, 0) is 16.0 Å². The molecule has 0 aromatic carbocycles. The van der Waals surface area contributed by atoms with E-state index < -0.39 is 0 Å². The summed E-state index contributed by atoms with van der Waals surface area (Å²) >= 11 is 1.70. The fourth-order valence-corrected chi connectivity index (χ4v) is 4.33. The van der Waals surface area contributed by atoms with Gasteiger partial charge < -0.3 is 9.64 Å². The van der Waals surface area contributed by atoms with E-state index in [0.29, 0.717) is 24.3 Å². The first kappa shape index (κ1) is 16.0. The Kier molecular flexibility index (Phi) is 5.50. The highest BCUT2D eigenvalue weighted by Gasteiger charge is 2.37. The predicted octanol–water partition coefficient (Wildman–Crippen LogP) is 2.25. The van der Waals surface area contributed by atoms with E-state index >= 15 is 0 Å². The van der Waals surface area contributed by atoms with Crippen molar-refractivity contribution >= 4 is 17.2 Å². The van der Waals surface area contributed by atoms with Gasteiger partial charge in [-0.15, -0.1) is 0 Å². The summed E-state index contributed by atoms with van der Waals surface area (Å²) in [6.07, 6.45) is 2.66. The summed E-state index contributed by atoms with van der Waals surface area (Å²) in [5.74, 6) is 0.934. The molecular formula is C17H26N2O2S. The van der Waals surface area contributed by atoms with Crippen LogP contribution in [0, 0.1) is 5.92 Å². The van der Waals surface area contributed by atoms with Crippen molar-refractivity contribution in [1.82, 2.24) is 9.80 Å². The second-order valence-electron chi connectivity index (χ2n) is 6.31. The monoisotopic (exact) mass is 322 g/mol. The molecule has 1 amide bonds. The van der Waals surface area contributed by atoms with E-state index in [0.717, 1.165) is 52.2 Å². The summed E-state index contributed by atoms with van der Waals surface area (Å²) in [6, 6.07) is 2.65. The third-order valence-corrected chi connectivity index (χ3v) is 5.74. The number of hydrogen-bond acceptors (Lipinski definition) is 4. The molecule has 22 heavy (non-hydrogen) atoms. The van der Waals surface area contributed by atoms with Crippen molar-refractivity contribution in [3.63, 3.8) is 0 Å². The number of carbonyl (C=O) groups excluding carboxylic acids is 1. The van der Waals surface area contributed by atoms with Gasteiger partial charge in [-0.05, 0) is 34.7 Å². The van der Waals surface area contributed by atoms with Crippen molar-refractivity contribution in [3.8, 4) is 0 Å². The molecule has 2 aliphatic heterocycles. The van der Waals surface area contributed by atoms with Crippen LogP contribution in [-0.4, -0.2) is 61.1 Å². The summed E-state index contributed by atoms with van der Waals surface area (Å²) in [4.78, 5) is 17.1. The first-order valence-corrected chi connectivity index (χ1v) is 9.33. The molecule has 4 nitrogen and oxygen atoms in total. The highest BCUT2D eigenvalue weighted by molar-refractivity contribution is 7.07. The lowest BCUT2D eigenvalue weighted by atomic mass is 9.99. The van der Waals surface area contributed by atoms with Crippen molar-refractivity contribution < 1.29 is 9.53 Å². The van der Waals surface area contributed by atoms with E-state index in [1.165, 1.54) is 5.56 Å². The van der Waals surface area contributed by atoms with Gasteiger partial charge in [0.05, 0.1) is 13.2 Å². The number of rotatable bonds is 5. The highest BCUT2D eigenvalue weighted by atomic mass is 32.1. The average Bonchev–Trinajstić information content (AvgIpc) is 3.22. The molecular weight excluding hydrogens is 296 g/mol. The zero-order valence-electron chi connectivity index (χ0n) is 13.4. The molecule has 3 rings (SSSR count). The van der Waals surface area contributed by atoms with Crippen LogP contribution in [0.2, 0.25) is 0 Å². The van der Waals surface area contributed by atoms with E-state index in [-0.39, 0.29) is 0 Å². The minimum Gasteiger partial charge on any atom is -0.379 e. The molecule has 0 aliphatic carbocycles. The zero-order valence-corrected chi connectivity index (χ0v) is 14.2. The van der Waals surface area contributed by atoms with Gasteiger partial charge >= 0.3 is 0 Å². The van der Waals surface area contributed by atoms with Gasteiger partial charge in [0, 0.05) is 38.6 Å². The Balaban J connectivity index is 1.54. The fraction of sp³-hybridized carbons (Fsp3) is 0.706. The van der Waals surface area contributed by atoms with E-state index in [2.05, 4.69) is 33.6 Å². The Morgan fingerprint density at radius 2 is 2.18 bits per heavy atom. The summed E-state index contributed by atoms with van der Waals surface area (Å²) in [5, 5.41) is 4.22. The van der Waals surface area contributed by atoms with E-state index in [1.807, 2.05) is 0 Å². The molecule has 0 saturated carbocycles. The van der Waals surface area contributed by atoms with E-state index in [1.54, 1.807) is 11.3 Å².